The third kappa shape index (κ3) is 4.47. The Morgan fingerprint density at radius 3 is 2.43 bits per heavy atom. The molecule has 8 heteroatoms. The van der Waals surface area contributed by atoms with Crippen molar-refractivity contribution in [2.75, 3.05) is 11.4 Å². The lowest BCUT2D eigenvalue weighted by Gasteiger charge is -2.21. The van der Waals surface area contributed by atoms with Crippen molar-refractivity contribution in [1.29, 1.82) is 0 Å². The molecular formula is C15H18N2O5S. The van der Waals surface area contributed by atoms with Crippen LogP contribution in [0.5, 0.6) is 5.75 Å². The number of aromatic hydroxyl groups is 1. The molecule has 0 aromatic heterocycles. The number of terminal acetylenes is 1. The quantitative estimate of drug-likeness (QED) is 0.753. The topological polar surface area (TPSA) is 104 Å². The minimum atomic E-state index is -4.08. The molecule has 0 unspecified atom stereocenters. The van der Waals surface area contributed by atoms with E-state index in [2.05, 4.69) is 5.92 Å². The van der Waals surface area contributed by atoms with Crippen LogP contribution in [0.1, 0.15) is 26.7 Å². The van der Waals surface area contributed by atoms with Crippen LogP contribution >= 0.6 is 0 Å². The van der Waals surface area contributed by atoms with Gasteiger partial charge in [-0.05, 0) is 12.1 Å². The molecular weight excluding hydrogens is 320 g/mol. The average molecular weight is 338 g/mol. The van der Waals surface area contributed by atoms with Crippen molar-refractivity contribution >= 4 is 27.5 Å². The van der Waals surface area contributed by atoms with Crippen LogP contribution in [0.3, 0.4) is 0 Å². The zero-order valence-electron chi connectivity index (χ0n) is 12.9. The maximum Gasteiger partial charge on any atom is 0.264 e. The van der Waals surface area contributed by atoms with Gasteiger partial charge in [0, 0.05) is 18.9 Å². The van der Waals surface area contributed by atoms with E-state index in [9.17, 15) is 23.1 Å². The van der Waals surface area contributed by atoms with Crippen LogP contribution in [0.15, 0.2) is 23.1 Å². The van der Waals surface area contributed by atoms with Crippen LogP contribution < -0.4 is 9.62 Å². The number of amides is 2. The second-order valence-electron chi connectivity index (χ2n) is 4.57. The van der Waals surface area contributed by atoms with Crippen molar-refractivity contribution in [2.24, 2.45) is 0 Å². The standard InChI is InChI=1S/C15H18N2O5S/c1-4-9-17(15(20)6-3)12-8-7-11(10-13(12)18)23(21,22)16-14(19)5-2/h1,7-8,10,18H,5-6,9H2,2-3H3,(H,16,19). The van der Waals surface area contributed by atoms with Crippen LogP contribution in [0.25, 0.3) is 0 Å². The number of nitrogens with zero attached hydrogens (tertiary/aromatic N) is 1. The van der Waals surface area contributed by atoms with E-state index in [-0.39, 0.29) is 35.9 Å². The lowest BCUT2D eigenvalue weighted by Crippen LogP contribution is -2.31. The fourth-order valence-corrected chi connectivity index (χ4v) is 2.85. The summed E-state index contributed by atoms with van der Waals surface area (Å²) in [5.41, 5.74) is 0.107. The number of hydrogen-bond donors (Lipinski definition) is 2. The highest BCUT2D eigenvalue weighted by molar-refractivity contribution is 7.90. The van der Waals surface area contributed by atoms with E-state index in [4.69, 9.17) is 6.42 Å². The monoisotopic (exact) mass is 338 g/mol. The summed E-state index contributed by atoms with van der Waals surface area (Å²) in [6.07, 6.45) is 5.39. The molecule has 1 aromatic carbocycles. The fourth-order valence-electron chi connectivity index (χ4n) is 1.77. The van der Waals surface area contributed by atoms with Crippen LogP contribution in [-0.2, 0) is 19.6 Å². The lowest BCUT2D eigenvalue weighted by molar-refractivity contribution is -0.119. The van der Waals surface area contributed by atoms with Gasteiger partial charge in [-0.1, -0.05) is 19.8 Å². The number of benzene rings is 1. The van der Waals surface area contributed by atoms with Gasteiger partial charge in [-0.2, -0.15) is 0 Å². The average Bonchev–Trinajstić information content (AvgIpc) is 2.51. The van der Waals surface area contributed by atoms with Gasteiger partial charge in [0.05, 0.1) is 17.1 Å². The normalized spacial score (nSPS) is 10.7. The van der Waals surface area contributed by atoms with Crippen molar-refractivity contribution in [1.82, 2.24) is 4.72 Å². The molecule has 124 valence electrons. The highest BCUT2D eigenvalue weighted by Crippen LogP contribution is 2.30. The Morgan fingerprint density at radius 2 is 1.96 bits per heavy atom. The van der Waals surface area contributed by atoms with Gasteiger partial charge in [0.2, 0.25) is 11.8 Å². The Morgan fingerprint density at radius 1 is 1.30 bits per heavy atom. The summed E-state index contributed by atoms with van der Waals surface area (Å²) in [6, 6.07) is 3.42. The number of nitrogens with one attached hydrogen (secondary N) is 1. The summed E-state index contributed by atoms with van der Waals surface area (Å²) in [7, 11) is -4.08. The molecule has 0 heterocycles. The van der Waals surface area contributed by atoms with Gasteiger partial charge in [-0.3, -0.25) is 14.5 Å². The number of phenols is 1. The van der Waals surface area contributed by atoms with Gasteiger partial charge < -0.3 is 5.11 Å². The van der Waals surface area contributed by atoms with Crippen LogP contribution in [-0.4, -0.2) is 31.9 Å². The third-order valence-corrected chi connectivity index (χ3v) is 4.34. The summed E-state index contributed by atoms with van der Waals surface area (Å²) in [5, 5.41) is 10.0. The number of anilines is 1. The van der Waals surface area contributed by atoms with Crippen molar-refractivity contribution in [2.45, 2.75) is 31.6 Å². The number of phenolic OH excluding ortho intramolecular Hbond substituents is 1. The largest absolute Gasteiger partial charge is 0.506 e. The molecule has 2 amide bonds. The van der Waals surface area contributed by atoms with Crippen LogP contribution in [0.4, 0.5) is 5.69 Å². The summed E-state index contributed by atoms with van der Waals surface area (Å²) in [4.78, 5) is 24.0. The molecule has 1 rings (SSSR count). The van der Waals surface area contributed by atoms with Gasteiger partial charge in [0.15, 0.2) is 0 Å². The molecule has 23 heavy (non-hydrogen) atoms. The first-order valence-corrected chi connectivity index (χ1v) is 8.37. The smallest absolute Gasteiger partial charge is 0.264 e. The van der Waals surface area contributed by atoms with Gasteiger partial charge in [0.25, 0.3) is 10.0 Å². The van der Waals surface area contributed by atoms with E-state index in [1.54, 1.807) is 6.92 Å². The highest BCUT2D eigenvalue weighted by atomic mass is 32.2. The third-order valence-electron chi connectivity index (χ3n) is 2.97. The molecule has 0 atom stereocenters. The first-order chi connectivity index (χ1) is 10.8. The first kappa shape index (κ1) is 18.5. The Balaban J connectivity index is 3.23. The molecule has 0 bridgehead atoms. The Bertz CT molecular complexity index is 750. The summed E-state index contributed by atoms with van der Waals surface area (Å²) in [6.45, 7) is 3.10. The zero-order valence-corrected chi connectivity index (χ0v) is 13.7. The molecule has 1 aromatic rings. The molecule has 0 aliphatic rings. The SMILES string of the molecule is C#CCN(C(=O)CC)c1ccc(S(=O)(=O)NC(=O)CC)cc1O. The van der Waals surface area contributed by atoms with Gasteiger partial charge in [-0.15, -0.1) is 6.42 Å². The maximum absolute atomic E-state index is 12.0. The zero-order chi connectivity index (χ0) is 17.6. The van der Waals surface area contributed by atoms with E-state index in [0.29, 0.717) is 0 Å². The summed E-state index contributed by atoms with van der Waals surface area (Å²) >= 11 is 0. The van der Waals surface area contributed by atoms with Crippen LogP contribution in [0.2, 0.25) is 0 Å². The van der Waals surface area contributed by atoms with Crippen molar-refractivity contribution in [3.63, 3.8) is 0 Å². The van der Waals surface area contributed by atoms with E-state index in [1.807, 2.05) is 4.72 Å². The molecule has 0 saturated carbocycles. The van der Waals surface area contributed by atoms with Crippen molar-refractivity contribution < 1.29 is 23.1 Å². The van der Waals surface area contributed by atoms with E-state index in [0.717, 1.165) is 6.07 Å². The van der Waals surface area contributed by atoms with Crippen LogP contribution in [0, 0.1) is 12.3 Å². The number of rotatable bonds is 6. The second kappa shape index (κ2) is 7.65. The summed E-state index contributed by atoms with van der Waals surface area (Å²) in [5.74, 6) is 0.909. The predicted molar refractivity (Wildman–Crippen MR) is 85.2 cm³/mol. The molecule has 0 spiro atoms. The Kier molecular flexibility index (Phi) is 6.16. The minimum Gasteiger partial charge on any atom is -0.506 e. The number of carbonyl (C=O) groups excluding carboxylic acids is 2. The molecule has 0 radical (unpaired) electrons. The first-order valence-electron chi connectivity index (χ1n) is 6.89. The Labute approximate surface area is 135 Å². The number of carbonyl (C=O) groups is 2. The number of hydrogen-bond acceptors (Lipinski definition) is 5. The van der Waals surface area contributed by atoms with Crippen molar-refractivity contribution in [3.8, 4) is 18.1 Å². The fraction of sp³-hybridized carbons (Fsp3) is 0.333. The molecule has 0 aliphatic carbocycles. The minimum absolute atomic E-state index is 0.00421. The maximum atomic E-state index is 12.0. The van der Waals surface area contributed by atoms with Crippen molar-refractivity contribution in [3.05, 3.63) is 18.2 Å². The summed E-state index contributed by atoms with van der Waals surface area (Å²) < 4.78 is 25.9. The van der Waals surface area contributed by atoms with E-state index < -0.39 is 21.7 Å². The molecule has 0 fully saturated rings. The van der Waals surface area contributed by atoms with E-state index >= 15 is 0 Å². The Hall–Kier alpha value is -2.53. The highest BCUT2D eigenvalue weighted by Gasteiger charge is 2.21. The molecule has 0 aliphatic heterocycles. The van der Waals surface area contributed by atoms with Gasteiger partial charge in [-0.25, -0.2) is 13.1 Å². The number of sulfonamides is 1. The molecule has 7 nitrogen and oxygen atoms in total. The van der Waals surface area contributed by atoms with Gasteiger partial charge >= 0.3 is 0 Å². The molecule has 2 N–H and O–H groups in total. The predicted octanol–water partition coefficient (Wildman–Crippen LogP) is 0.983. The second-order valence-corrected chi connectivity index (χ2v) is 6.25. The molecule has 0 saturated heterocycles. The van der Waals surface area contributed by atoms with Gasteiger partial charge in [0.1, 0.15) is 5.75 Å². The lowest BCUT2D eigenvalue weighted by atomic mass is 10.2. The van der Waals surface area contributed by atoms with E-state index in [1.165, 1.54) is 24.0 Å².